The summed E-state index contributed by atoms with van der Waals surface area (Å²) in [5.74, 6) is 1.75. The standard InChI is InChI=1S/C22H16N2O/c1-3-8-16(9-4-1)20-19-15-23-14-18-12-7-13-24(18)22(19)25-21(20)17-10-5-2-6-11-17/h1-14H,15H2. The second-order valence-corrected chi connectivity index (χ2v) is 6.09. The molecule has 3 heterocycles. The first-order valence-electron chi connectivity index (χ1n) is 8.36. The summed E-state index contributed by atoms with van der Waals surface area (Å²) in [6, 6.07) is 24.7. The van der Waals surface area contributed by atoms with E-state index in [-0.39, 0.29) is 0 Å². The Labute approximate surface area is 145 Å². The molecule has 2 aromatic heterocycles. The van der Waals surface area contributed by atoms with E-state index in [9.17, 15) is 0 Å². The molecule has 0 saturated carbocycles. The second kappa shape index (κ2) is 5.64. The maximum atomic E-state index is 6.43. The molecule has 5 rings (SSSR count). The third-order valence-electron chi connectivity index (χ3n) is 4.56. The molecule has 0 aliphatic carbocycles. The van der Waals surface area contributed by atoms with Gasteiger partial charge in [-0.25, -0.2) is 0 Å². The largest absolute Gasteiger partial charge is 0.439 e. The van der Waals surface area contributed by atoms with Crippen molar-refractivity contribution in [3.63, 3.8) is 0 Å². The molecule has 2 aromatic carbocycles. The Hall–Kier alpha value is -3.33. The van der Waals surface area contributed by atoms with Gasteiger partial charge in [-0.3, -0.25) is 9.56 Å². The Morgan fingerprint density at radius 3 is 2.28 bits per heavy atom. The van der Waals surface area contributed by atoms with Gasteiger partial charge in [0.1, 0.15) is 5.76 Å². The van der Waals surface area contributed by atoms with Gasteiger partial charge >= 0.3 is 0 Å². The topological polar surface area (TPSA) is 30.4 Å². The van der Waals surface area contributed by atoms with Crippen molar-refractivity contribution in [3.05, 3.63) is 90.3 Å². The van der Waals surface area contributed by atoms with Gasteiger partial charge in [-0.05, 0) is 17.7 Å². The first-order valence-corrected chi connectivity index (χ1v) is 8.36. The van der Waals surface area contributed by atoms with Crippen molar-refractivity contribution in [3.8, 4) is 28.3 Å². The molecule has 120 valence electrons. The van der Waals surface area contributed by atoms with Crippen LogP contribution in [-0.2, 0) is 6.54 Å². The molecular formula is C22H16N2O. The van der Waals surface area contributed by atoms with Gasteiger partial charge in [0.25, 0.3) is 0 Å². The fourth-order valence-corrected chi connectivity index (χ4v) is 3.41. The molecule has 3 heteroatoms. The van der Waals surface area contributed by atoms with Crippen LogP contribution < -0.4 is 0 Å². The van der Waals surface area contributed by atoms with E-state index in [1.54, 1.807) is 0 Å². The lowest BCUT2D eigenvalue weighted by molar-refractivity contribution is 0.549. The van der Waals surface area contributed by atoms with E-state index in [4.69, 9.17) is 4.42 Å². The molecule has 3 nitrogen and oxygen atoms in total. The molecule has 0 bridgehead atoms. The van der Waals surface area contributed by atoms with Crippen LogP contribution in [0.1, 0.15) is 11.3 Å². The lowest BCUT2D eigenvalue weighted by atomic mass is 9.98. The smallest absolute Gasteiger partial charge is 0.210 e. The van der Waals surface area contributed by atoms with Gasteiger partial charge in [0.2, 0.25) is 5.88 Å². The maximum Gasteiger partial charge on any atom is 0.210 e. The molecule has 0 N–H and O–H groups in total. The summed E-state index contributed by atoms with van der Waals surface area (Å²) in [6.45, 7) is 0.609. The van der Waals surface area contributed by atoms with Crippen LogP contribution in [0.4, 0.5) is 0 Å². The number of hydrogen-bond donors (Lipinski definition) is 0. The molecule has 25 heavy (non-hydrogen) atoms. The number of rotatable bonds is 2. The third-order valence-corrected chi connectivity index (χ3v) is 4.56. The van der Waals surface area contributed by atoms with E-state index in [2.05, 4.69) is 46.0 Å². The van der Waals surface area contributed by atoms with E-state index in [1.807, 2.05) is 48.8 Å². The fourth-order valence-electron chi connectivity index (χ4n) is 3.41. The molecule has 0 fully saturated rings. The monoisotopic (exact) mass is 324 g/mol. The lowest BCUT2D eigenvalue weighted by Gasteiger charge is -2.05. The van der Waals surface area contributed by atoms with E-state index in [1.165, 1.54) is 0 Å². The highest BCUT2D eigenvalue weighted by Crippen LogP contribution is 2.42. The third kappa shape index (κ3) is 2.24. The Bertz CT molecular complexity index is 1060. The number of aliphatic imine (C=N–C) groups is 1. The molecule has 4 aromatic rings. The zero-order valence-electron chi connectivity index (χ0n) is 13.6. The van der Waals surface area contributed by atoms with Crippen LogP contribution in [0.25, 0.3) is 28.3 Å². The predicted octanol–water partition coefficient (Wildman–Crippen LogP) is 5.34. The summed E-state index contributed by atoms with van der Waals surface area (Å²) in [4.78, 5) is 4.61. The molecule has 0 saturated heterocycles. The van der Waals surface area contributed by atoms with Crippen LogP contribution in [0, 0.1) is 0 Å². The Kier molecular flexibility index (Phi) is 3.17. The maximum absolute atomic E-state index is 6.43. The molecule has 0 spiro atoms. The van der Waals surface area contributed by atoms with Crippen molar-refractivity contribution in [1.29, 1.82) is 0 Å². The zero-order valence-corrected chi connectivity index (χ0v) is 13.6. The van der Waals surface area contributed by atoms with Crippen molar-refractivity contribution in [1.82, 2.24) is 4.57 Å². The van der Waals surface area contributed by atoms with E-state index < -0.39 is 0 Å². The van der Waals surface area contributed by atoms with Gasteiger partial charge < -0.3 is 4.42 Å². The Morgan fingerprint density at radius 2 is 1.52 bits per heavy atom. The van der Waals surface area contributed by atoms with Crippen LogP contribution in [0.3, 0.4) is 0 Å². The summed E-state index contributed by atoms with van der Waals surface area (Å²) in [5.41, 5.74) is 5.51. The number of benzene rings is 2. The van der Waals surface area contributed by atoms with Crippen molar-refractivity contribution >= 4 is 6.21 Å². The van der Waals surface area contributed by atoms with Crippen LogP contribution in [0.15, 0.2) is 88.4 Å². The number of fused-ring (bicyclic) bond motifs is 3. The van der Waals surface area contributed by atoms with Crippen LogP contribution in [-0.4, -0.2) is 10.8 Å². The number of furan rings is 1. The second-order valence-electron chi connectivity index (χ2n) is 6.09. The van der Waals surface area contributed by atoms with Crippen LogP contribution >= 0.6 is 0 Å². The van der Waals surface area contributed by atoms with Crippen molar-refractivity contribution in [2.45, 2.75) is 6.54 Å². The first kappa shape index (κ1) is 14.1. The van der Waals surface area contributed by atoms with Gasteiger partial charge in [0.05, 0.1) is 12.2 Å². The van der Waals surface area contributed by atoms with Crippen molar-refractivity contribution in [2.75, 3.05) is 0 Å². The average molecular weight is 324 g/mol. The van der Waals surface area contributed by atoms with Crippen molar-refractivity contribution < 1.29 is 4.42 Å². The lowest BCUT2D eigenvalue weighted by Crippen LogP contribution is -1.96. The average Bonchev–Trinajstić information content (AvgIpc) is 3.24. The predicted molar refractivity (Wildman–Crippen MR) is 100 cm³/mol. The summed E-state index contributed by atoms with van der Waals surface area (Å²) >= 11 is 0. The van der Waals surface area contributed by atoms with Gasteiger partial charge in [-0.15, -0.1) is 0 Å². The quantitative estimate of drug-likeness (QED) is 0.490. The molecule has 0 radical (unpaired) electrons. The summed E-state index contributed by atoms with van der Waals surface area (Å²) in [7, 11) is 0. The summed E-state index contributed by atoms with van der Waals surface area (Å²) in [5, 5.41) is 0. The molecular weight excluding hydrogens is 308 g/mol. The van der Waals surface area contributed by atoms with E-state index >= 15 is 0 Å². The molecule has 0 unspecified atom stereocenters. The Morgan fingerprint density at radius 1 is 0.800 bits per heavy atom. The minimum Gasteiger partial charge on any atom is -0.439 e. The SMILES string of the molecule is C1=NCc2c(oc(-c3ccccc3)c2-c2ccccc2)-n2cccc21. The van der Waals surface area contributed by atoms with Crippen LogP contribution in [0.5, 0.6) is 0 Å². The highest BCUT2D eigenvalue weighted by atomic mass is 16.4. The zero-order chi connectivity index (χ0) is 16.6. The van der Waals surface area contributed by atoms with Gasteiger partial charge in [-0.1, -0.05) is 60.7 Å². The minimum absolute atomic E-state index is 0.609. The number of nitrogens with zero attached hydrogens (tertiary/aromatic N) is 2. The van der Waals surface area contributed by atoms with Crippen LogP contribution in [0.2, 0.25) is 0 Å². The number of hydrogen-bond acceptors (Lipinski definition) is 2. The van der Waals surface area contributed by atoms with Gasteiger partial charge in [0.15, 0.2) is 0 Å². The highest BCUT2D eigenvalue weighted by Gasteiger charge is 2.25. The van der Waals surface area contributed by atoms with Crippen molar-refractivity contribution in [2.24, 2.45) is 4.99 Å². The van der Waals surface area contributed by atoms with E-state index in [0.717, 1.165) is 39.6 Å². The van der Waals surface area contributed by atoms with E-state index in [0.29, 0.717) is 6.54 Å². The molecule has 1 aliphatic heterocycles. The highest BCUT2D eigenvalue weighted by molar-refractivity contribution is 5.87. The van der Waals surface area contributed by atoms with Gasteiger partial charge in [0, 0.05) is 29.1 Å². The Balaban J connectivity index is 1.84. The first-order chi connectivity index (χ1) is 12.4. The molecule has 0 atom stereocenters. The van der Waals surface area contributed by atoms with Gasteiger partial charge in [-0.2, -0.15) is 0 Å². The molecule has 0 amide bonds. The summed E-state index contributed by atoms with van der Waals surface area (Å²) in [6.07, 6.45) is 3.94. The fraction of sp³-hybridized carbons (Fsp3) is 0.0455. The molecule has 1 aliphatic rings. The minimum atomic E-state index is 0.609. The normalized spacial score (nSPS) is 12.5. The number of aromatic nitrogens is 1. The summed E-state index contributed by atoms with van der Waals surface area (Å²) < 4.78 is 8.50.